The number of hydrogen-bond acceptors (Lipinski definition) is 5. The third-order valence-electron chi connectivity index (χ3n) is 5.05. The quantitative estimate of drug-likeness (QED) is 0.793. The SMILES string of the molecule is COC1[C@H](CCCO)O[C@@H]2CO[Si](C(C)(C)C)(C(C)(C)C)O[C@@H]12. The summed E-state index contributed by atoms with van der Waals surface area (Å²) in [4.78, 5) is 0. The highest BCUT2D eigenvalue weighted by atomic mass is 28.4. The average molecular weight is 347 g/mol. The van der Waals surface area contributed by atoms with Crippen LogP contribution in [0.15, 0.2) is 0 Å². The van der Waals surface area contributed by atoms with Crippen molar-refractivity contribution in [3.05, 3.63) is 0 Å². The Balaban J connectivity index is 2.26. The number of aliphatic hydroxyl groups excluding tert-OH is 1. The van der Waals surface area contributed by atoms with Gasteiger partial charge >= 0.3 is 8.56 Å². The summed E-state index contributed by atoms with van der Waals surface area (Å²) in [6, 6.07) is 0. The highest BCUT2D eigenvalue weighted by Crippen LogP contribution is 2.55. The predicted molar refractivity (Wildman–Crippen MR) is 91.8 cm³/mol. The molecule has 0 aromatic carbocycles. The van der Waals surface area contributed by atoms with Gasteiger partial charge in [0.25, 0.3) is 0 Å². The van der Waals surface area contributed by atoms with Crippen molar-refractivity contribution in [1.29, 1.82) is 0 Å². The number of ether oxygens (including phenoxy) is 2. The zero-order valence-corrected chi connectivity index (χ0v) is 16.7. The van der Waals surface area contributed by atoms with Crippen molar-refractivity contribution >= 4 is 8.56 Å². The van der Waals surface area contributed by atoms with Crippen molar-refractivity contribution in [3.8, 4) is 0 Å². The second kappa shape index (κ2) is 6.73. The molecule has 0 aromatic rings. The summed E-state index contributed by atoms with van der Waals surface area (Å²) in [5, 5.41) is 9.01. The van der Waals surface area contributed by atoms with E-state index >= 15 is 0 Å². The third-order valence-corrected chi connectivity index (χ3v) is 10.2. The monoisotopic (exact) mass is 346 g/mol. The van der Waals surface area contributed by atoms with Gasteiger partial charge in [0, 0.05) is 23.8 Å². The second-order valence-corrected chi connectivity index (χ2v) is 13.5. The van der Waals surface area contributed by atoms with Gasteiger partial charge in [-0.2, -0.15) is 0 Å². The van der Waals surface area contributed by atoms with Gasteiger partial charge in [0.15, 0.2) is 0 Å². The van der Waals surface area contributed by atoms with Crippen molar-refractivity contribution in [1.82, 2.24) is 0 Å². The van der Waals surface area contributed by atoms with Crippen LogP contribution in [0.2, 0.25) is 10.1 Å². The molecule has 2 fully saturated rings. The maximum atomic E-state index is 9.10. The molecule has 23 heavy (non-hydrogen) atoms. The molecule has 2 saturated heterocycles. The molecule has 136 valence electrons. The van der Waals surface area contributed by atoms with Crippen LogP contribution in [0.3, 0.4) is 0 Å². The van der Waals surface area contributed by atoms with Gasteiger partial charge in [0.1, 0.15) is 18.3 Å². The summed E-state index contributed by atoms with van der Waals surface area (Å²) in [6.45, 7) is 14.0. The first-order valence-electron chi connectivity index (χ1n) is 8.68. The van der Waals surface area contributed by atoms with Crippen molar-refractivity contribution in [2.75, 3.05) is 20.3 Å². The number of rotatable bonds is 4. The summed E-state index contributed by atoms with van der Waals surface area (Å²) in [5.74, 6) is 0. The van der Waals surface area contributed by atoms with Crippen LogP contribution in [-0.4, -0.2) is 58.4 Å². The van der Waals surface area contributed by atoms with Gasteiger partial charge < -0.3 is 23.4 Å². The minimum atomic E-state index is -2.50. The van der Waals surface area contributed by atoms with Crippen LogP contribution >= 0.6 is 0 Å². The first-order chi connectivity index (χ1) is 10.6. The Morgan fingerprint density at radius 1 is 1.13 bits per heavy atom. The Hall–Kier alpha value is 0.0169. The molecule has 0 aliphatic carbocycles. The van der Waals surface area contributed by atoms with Gasteiger partial charge in [0.05, 0.1) is 12.7 Å². The van der Waals surface area contributed by atoms with Crippen molar-refractivity contribution in [2.45, 2.75) is 88.9 Å². The molecule has 0 amide bonds. The molecule has 2 aliphatic rings. The minimum Gasteiger partial charge on any atom is -0.396 e. The molecule has 2 heterocycles. The molecule has 0 spiro atoms. The van der Waals surface area contributed by atoms with Crippen LogP contribution in [0.25, 0.3) is 0 Å². The lowest BCUT2D eigenvalue weighted by molar-refractivity contribution is -0.0745. The summed E-state index contributed by atoms with van der Waals surface area (Å²) in [6.07, 6.45) is 1.22. The van der Waals surface area contributed by atoms with Gasteiger partial charge in [-0.15, -0.1) is 0 Å². The van der Waals surface area contributed by atoms with Crippen molar-refractivity contribution in [3.63, 3.8) is 0 Å². The number of methoxy groups -OCH3 is 1. The molecule has 0 saturated carbocycles. The van der Waals surface area contributed by atoms with E-state index in [9.17, 15) is 0 Å². The summed E-state index contributed by atoms with van der Waals surface area (Å²) in [7, 11) is -0.779. The van der Waals surface area contributed by atoms with E-state index in [1.807, 2.05) is 0 Å². The zero-order valence-electron chi connectivity index (χ0n) is 15.7. The maximum absolute atomic E-state index is 9.10. The van der Waals surface area contributed by atoms with Crippen LogP contribution in [0.5, 0.6) is 0 Å². The van der Waals surface area contributed by atoms with E-state index in [2.05, 4.69) is 41.5 Å². The molecule has 1 N–H and O–H groups in total. The van der Waals surface area contributed by atoms with E-state index in [0.29, 0.717) is 13.0 Å². The fourth-order valence-electron chi connectivity index (χ4n) is 4.23. The third kappa shape index (κ3) is 3.39. The van der Waals surface area contributed by atoms with E-state index < -0.39 is 8.56 Å². The summed E-state index contributed by atoms with van der Waals surface area (Å²) < 4.78 is 25.1. The molecule has 0 radical (unpaired) electrons. The molecule has 0 bridgehead atoms. The number of fused-ring (bicyclic) bond motifs is 1. The first kappa shape index (κ1) is 19.3. The normalized spacial score (nSPS) is 34.4. The fraction of sp³-hybridized carbons (Fsp3) is 1.00. The Morgan fingerprint density at radius 3 is 2.22 bits per heavy atom. The molecule has 5 nitrogen and oxygen atoms in total. The second-order valence-electron chi connectivity index (χ2n) is 8.79. The van der Waals surface area contributed by atoms with Gasteiger partial charge in [0.2, 0.25) is 0 Å². The van der Waals surface area contributed by atoms with Crippen LogP contribution < -0.4 is 0 Å². The van der Waals surface area contributed by atoms with Crippen LogP contribution in [0, 0.1) is 0 Å². The Labute approximate surface area is 141 Å². The summed E-state index contributed by atoms with van der Waals surface area (Å²) >= 11 is 0. The van der Waals surface area contributed by atoms with Crippen LogP contribution in [0.4, 0.5) is 0 Å². The molecule has 6 heteroatoms. The zero-order chi connectivity index (χ0) is 17.5. The largest absolute Gasteiger partial charge is 0.396 e. The number of aliphatic hydroxyl groups is 1. The molecule has 1 unspecified atom stereocenters. The van der Waals surface area contributed by atoms with Crippen LogP contribution in [0.1, 0.15) is 54.4 Å². The van der Waals surface area contributed by atoms with E-state index in [1.165, 1.54) is 0 Å². The molecule has 0 aromatic heterocycles. The smallest absolute Gasteiger partial charge is 0.349 e. The standard InChI is InChI=1S/C17H34O5Si/c1-16(2,3)23(17(4,5)6)20-11-13-15(22-23)14(19-7)12(21-13)9-8-10-18/h12-15,18H,8-11H2,1-7H3/t12-,13+,14?,15+/m0/s1. The first-order valence-corrected chi connectivity index (χ1v) is 10.5. The van der Waals surface area contributed by atoms with E-state index in [0.717, 1.165) is 6.42 Å². The lowest BCUT2D eigenvalue weighted by atomic mass is 10.0. The molecule has 4 atom stereocenters. The van der Waals surface area contributed by atoms with E-state index in [-0.39, 0.29) is 41.1 Å². The lowest BCUT2D eigenvalue weighted by Crippen LogP contribution is -2.65. The predicted octanol–water partition coefficient (Wildman–Crippen LogP) is 3.00. The molecular formula is C17H34O5Si. The number of hydrogen-bond donors (Lipinski definition) is 1. The Kier molecular flexibility index (Phi) is 5.66. The molecule has 2 rings (SSSR count). The average Bonchev–Trinajstić information content (AvgIpc) is 2.78. The topological polar surface area (TPSA) is 57.2 Å². The fourth-order valence-corrected chi connectivity index (χ4v) is 9.19. The molecule has 2 aliphatic heterocycles. The minimum absolute atomic E-state index is 0.0320. The van der Waals surface area contributed by atoms with Gasteiger partial charge in [-0.3, -0.25) is 0 Å². The molecular weight excluding hydrogens is 312 g/mol. The lowest BCUT2D eigenvalue weighted by Gasteiger charge is -2.53. The highest BCUT2D eigenvalue weighted by Gasteiger charge is 2.64. The van der Waals surface area contributed by atoms with Crippen LogP contribution in [-0.2, 0) is 18.3 Å². The van der Waals surface area contributed by atoms with E-state index in [4.69, 9.17) is 23.4 Å². The maximum Gasteiger partial charge on any atom is 0.349 e. The van der Waals surface area contributed by atoms with Gasteiger partial charge in [-0.25, -0.2) is 0 Å². The van der Waals surface area contributed by atoms with Crippen molar-refractivity contribution in [2.24, 2.45) is 0 Å². The van der Waals surface area contributed by atoms with Gasteiger partial charge in [-0.1, -0.05) is 41.5 Å². The Bertz CT molecular complexity index is 387. The highest BCUT2D eigenvalue weighted by molar-refractivity contribution is 6.73. The van der Waals surface area contributed by atoms with Gasteiger partial charge in [-0.05, 0) is 12.8 Å². The Morgan fingerprint density at radius 2 is 1.74 bits per heavy atom. The van der Waals surface area contributed by atoms with Crippen molar-refractivity contribution < 1.29 is 23.4 Å². The van der Waals surface area contributed by atoms with E-state index in [1.54, 1.807) is 7.11 Å². The summed E-state index contributed by atoms with van der Waals surface area (Å²) in [5.41, 5.74) is 0.